The van der Waals surface area contributed by atoms with Crippen molar-refractivity contribution < 1.29 is 24.1 Å². The topological polar surface area (TPSA) is 156 Å². The smallest absolute Gasteiger partial charge is 0.241 e. The van der Waals surface area contributed by atoms with Crippen LogP contribution in [0.15, 0.2) is 54.9 Å². The maximum absolute atomic E-state index is 12.9. The fourth-order valence-electron chi connectivity index (χ4n) is 3.93. The van der Waals surface area contributed by atoms with E-state index in [9.17, 15) is 8.42 Å². The number of hydrogen-bond donors (Lipinski definition) is 1. The number of fused-ring (bicyclic) bond motifs is 1. The third-order valence-electron chi connectivity index (χ3n) is 5.54. The molecule has 0 fully saturated rings. The number of imidazole rings is 1. The van der Waals surface area contributed by atoms with E-state index < -0.39 is 15.8 Å². The first-order valence-corrected chi connectivity index (χ1v) is 13.9. The van der Waals surface area contributed by atoms with Crippen LogP contribution in [0.1, 0.15) is 14.2 Å². The number of anilines is 1. The predicted octanol–water partition coefficient (Wildman–Crippen LogP) is 3.92. The van der Waals surface area contributed by atoms with Crippen LogP contribution in [-0.2, 0) is 15.8 Å². The lowest BCUT2D eigenvalue weighted by atomic mass is 10.2. The molecule has 0 radical (unpaired) electrons. The molecule has 5 rings (SSSR count). The van der Waals surface area contributed by atoms with Gasteiger partial charge in [0.25, 0.3) is 0 Å². The summed E-state index contributed by atoms with van der Waals surface area (Å²) in [5.74, 6) is 1.26. The number of aromatic nitrogens is 7. The molecule has 0 saturated carbocycles. The SMILES string of the molecule is CCOc1cccc(-c2nc3nnc(NS(=O)(=O)Cc4ncc(Cl)cn4)cc3n2-c2c(OC)cccc2OC)n1.[HH]. The molecule has 0 aliphatic heterocycles. The first-order chi connectivity index (χ1) is 19.3. The summed E-state index contributed by atoms with van der Waals surface area (Å²) in [5.41, 5.74) is 1.62. The molecule has 208 valence electrons. The fraction of sp³-hybridized carbons (Fsp3) is 0.200. The first kappa shape index (κ1) is 27.0. The molecule has 5 aromatic rings. The molecular weight excluding hydrogens is 560 g/mol. The second-order valence-corrected chi connectivity index (χ2v) is 10.4. The summed E-state index contributed by atoms with van der Waals surface area (Å²) in [4.78, 5) is 17.2. The summed E-state index contributed by atoms with van der Waals surface area (Å²) in [6.45, 7) is 2.30. The Morgan fingerprint density at radius 1 is 1.00 bits per heavy atom. The molecule has 0 atom stereocenters. The van der Waals surface area contributed by atoms with Crippen LogP contribution in [0.4, 0.5) is 5.82 Å². The molecule has 0 aliphatic rings. The summed E-state index contributed by atoms with van der Waals surface area (Å²) in [6.07, 6.45) is 2.64. The summed E-state index contributed by atoms with van der Waals surface area (Å²) in [7, 11) is -0.896. The highest BCUT2D eigenvalue weighted by Gasteiger charge is 2.24. The number of ether oxygens (including phenoxy) is 3. The third-order valence-corrected chi connectivity index (χ3v) is 6.90. The predicted molar refractivity (Wildman–Crippen MR) is 150 cm³/mol. The van der Waals surface area contributed by atoms with Gasteiger partial charge in [0.15, 0.2) is 11.6 Å². The number of methoxy groups -OCH3 is 2. The van der Waals surface area contributed by atoms with Crippen molar-refractivity contribution in [2.24, 2.45) is 0 Å². The number of hydrogen-bond acceptors (Lipinski definition) is 11. The second kappa shape index (κ2) is 11.3. The van der Waals surface area contributed by atoms with Crippen molar-refractivity contribution in [1.29, 1.82) is 0 Å². The van der Waals surface area contributed by atoms with E-state index in [4.69, 9.17) is 25.8 Å². The zero-order chi connectivity index (χ0) is 28.3. The van der Waals surface area contributed by atoms with Crippen molar-refractivity contribution in [3.8, 4) is 34.6 Å². The number of benzene rings is 1. The van der Waals surface area contributed by atoms with E-state index in [2.05, 4.69) is 34.9 Å². The van der Waals surface area contributed by atoms with E-state index in [1.165, 1.54) is 32.7 Å². The number of para-hydroxylation sites is 1. The van der Waals surface area contributed by atoms with Gasteiger partial charge < -0.3 is 14.2 Å². The van der Waals surface area contributed by atoms with Crippen molar-refractivity contribution in [1.82, 2.24) is 34.7 Å². The Bertz CT molecular complexity index is 1770. The molecule has 4 heterocycles. The number of sulfonamides is 1. The number of halogens is 1. The molecule has 40 heavy (non-hydrogen) atoms. The molecular formula is C25H25ClN8O5S. The van der Waals surface area contributed by atoms with Crippen LogP contribution in [0.25, 0.3) is 28.4 Å². The first-order valence-electron chi connectivity index (χ1n) is 11.9. The molecule has 0 spiro atoms. The Kier molecular flexibility index (Phi) is 7.62. The summed E-state index contributed by atoms with van der Waals surface area (Å²) in [5, 5.41) is 8.52. The normalized spacial score (nSPS) is 11.4. The minimum Gasteiger partial charge on any atom is -0.494 e. The maximum atomic E-state index is 12.9. The summed E-state index contributed by atoms with van der Waals surface area (Å²) in [6, 6.07) is 12.1. The Balaban J connectivity index is 0.00000387. The van der Waals surface area contributed by atoms with Gasteiger partial charge in [-0.3, -0.25) is 9.29 Å². The van der Waals surface area contributed by atoms with Crippen LogP contribution in [0.5, 0.6) is 17.4 Å². The standard InChI is InChI=1S/C25H23ClN8O5S.H2/c1-4-39-22-10-5-7-16(29-22)25-30-24-17(34(25)23-18(37-2)8-6-9-19(23)38-3)11-20(31-32-24)33-40(35,36)14-21-27-12-15(26)13-28-21;/h5-13H,4,14H2,1-3H3,(H,31,33);1H. The zero-order valence-corrected chi connectivity index (χ0v) is 23.1. The molecule has 4 aromatic heterocycles. The van der Waals surface area contributed by atoms with Crippen molar-refractivity contribution in [3.05, 3.63) is 65.7 Å². The van der Waals surface area contributed by atoms with Crippen LogP contribution in [-0.4, -0.2) is 63.9 Å². The average Bonchev–Trinajstić information content (AvgIpc) is 3.32. The molecule has 0 unspecified atom stereocenters. The molecule has 0 saturated heterocycles. The number of pyridine rings is 1. The van der Waals surface area contributed by atoms with Gasteiger partial charge in [-0.2, -0.15) is 0 Å². The molecule has 1 N–H and O–H groups in total. The molecule has 0 amide bonds. The summed E-state index contributed by atoms with van der Waals surface area (Å²) >= 11 is 5.80. The van der Waals surface area contributed by atoms with Gasteiger partial charge in [-0.15, -0.1) is 10.2 Å². The average molecular weight is 585 g/mol. The van der Waals surface area contributed by atoms with Gasteiger partial charge >= 0.3 is 0 Å². The van der Waals surface area contributed by atoms with Gasteiger partial charge in [0.1, 0.15) is 34.5 Å². The highest BCUT2D eigenvalue weighted by molar-refractivity contribution is 7.91. The van der Waals surface area contributed by atoms with Crippen molar-refractivity contribution in [2.75, 3.05) is 25.5 Å². The van der Waals surface area contributed by atoms with Gasteiger partial charge in [-0.25, -0.2) is 28.4 Å². The lowest BCUT2D eigenvalue weighted by Gasteiger charge is -2.17. The molecule has 13 nitrogen and oxygen atoms in total. The maximum Gasteiger partial charge on any atom is 0.241 e. The van der Waals surface area contributed by atoms with E-state index >= 15 is 0 Å². The highest BCUT2D eigenvalue weighted by atomic mass is 35.5. The Labute approximate surface area is 235 Å². The van der Waals surface area contributed by atoms with Gasteiger partial charge in [0.05, 0.1) is 31.4 Å². The van der Waals surface area contributed by atoms with Gasteiger partial charge in [-0.05, 0) is 25.1 Å². The van der Waals surface area contributed by atoms with Crippen LogP contribution in [0.2, 0.25) is 5.02 Å². The Morgan fingerprint density at radius 3 is 2.38 bits per heavy atom. The summed E-state index contributed by atoms with van der Waals surface area (Å²) < 4.78 is 46.8. The van der Waals surface area contributed by atoms with E-state index in [0.717, 1.165) is 0 Å². The van der Waals surface area contributed by atoms with Gasteiger partial charge in [0.2, 0.25) is 21.6 Å². The minimum absolute atomic E-state index is 0. The monoisotopic (exact) mass is 584 g/mol. The van der Waals surface area contributed by atoms with Crippen LogP contribution in [0, 0.1) is 0 Å². The van der Waals surface area contributed by atoms with Crippen molar-refractivity contribution >= 4 is 38.6 Å². The molecule has 0 bridgehead atoms. The molecule has 15 heteroatoms. The molecule has 0 aliphatic carbocycles. The van der Waals surface area contributed by atoms with E-state index in [0.29, 0.717) is 51.7 Å². The van der Waals surface area contributed by atoms with Gasteiger partial charge in [0, 0.05) is 26.0 Å². The molecule has 1 aromatic carbocycles. The Morgan fingerprint density at radius 2 is 1.70 bits per heavy atom. The van der Waals surface area contributed by atoms with Crippen LogP contribution in [0.3, 0.4) is 0 Å². The van der Waals surface area contributed by atoms with Crippen LogP contribution < -0.4 is 18.9 Å². The second-order valence-electron chi connectivity index (χ2n) is 8.19. The van der Waals surface area contributed by atoms with Crippen LogP contribution >= 0.6 is 11.6 Å². The largest absolute Gasteiger partial charge is 0.494 e. The number of rotatable bonds is 10. The van der Waals surface area contributed by atoms with E-state index in [1.807, 2.05) is 6.92 Å². The Hall–Kier alpha value is -4.56. The number of nitrogens with one attached hydrogen (secondary N) is 1. The minimum atomic E-state index is -3.96. The quantitative estimate of drug-likeness (QED) is 0.254. The highest BCUT2D eigenvalue weighted by Crippen LogP contribution is 2.38. The third kappa shape index (κ3) is 5.58. The van der Waals surface area contributed by atoms with Crippen molar-refractivity contribution in [3.63, 3.8) is 0 Å². The van der Waals surface area contributed by atoms with Crippen molar-refractivity contribution in [2.45, 2.75) is 12.7 Å². The zero-order valence-electron chi connectivity index (χ0n) is 21.6. The van der Waals surface area contributed by atoms with E-state index in [-0.39, 0.29) is 18.7 Å². The number of nitrogens with zero attached hydrogens (tertiary/aromatic N) is 7. The lowest BCUT2D eigenvalue weighted by Crippen LogP contribution is -2.17. The van der Waals surface area contributed by atoms with E-state index in [1.54, 1.807) is 41.0 Å². The fourth-order valence-corrected chi connectivity index (χ4v) is 5.01. The van der Waals surface area contributed by atoms with Gasteiger partial charge in [-0.1, -0.05) is 23.7 Å². The lowest BCUT2D eigenvalue weighted by molar-refractivity contribution is 0.327.